The van der Waals surface area contributed by atoms with Crippen LogP contribution in [0, 0.1) is 0 Å². The number of epoxide rings is 1. The maximum atomic E-state index is 5.25. The van der Waals surface area contributed by atoms with Crippen LogP contribution in [0.3, 0.4) is 0 Å². The molecule has 13 heavy (non-hydrogen) atoms. The zero-order valence-electron chi connectivity index (χ0n) is 8.02. The van der Waals surface area contributed by atoms with E-state index in [1.807, 2.05) is 0 Å². The molecule has 0 bridgehead atoms. The predicted molar refractivity (Wildman–Crippen MR) is 44.3 cm³/mol. The summed E-state index contributed by atoms with van der Waals surface area (Å²) in [5, 5.41) is 0. The van der Waals surface area contributed by atoms with E-state index in [0.29, 0.717) is 26.8 Å². The summed E-state index contributed by atoms with van der Waals surface area (Å²) in [5.41, 5.74) is 0. The molecule has 5 heteroatoms. The van der Waals surface area contributed by atoms with Crippen LogP contribution in [0.5, 0.6) is 0 Å². The predicted octanol–water partition coefficient (Wildman–Crippen LogP) is -0.00520. The molecular formula is C8H16O5. The van der Waals surface area contributed by atoms with Gasteiger partial charge < -0.3 is 23.7 Å². The van der Waals surface area contributed by atoms with Gasteiger partial charge in [-0.15, -0.1) is 0 Å². The van der Waals surface area contributed by atoms with E-state index < -0.39 is 0 Å². The van der Waals surface area contributed by atoms with Crippen LogP contribution in [0.4, 0.5) is 0 Å². The number of methoxy groups -OCH3 is 2. The molecule has 0 aliphatic carbocycles. The lowest BCUT2D eigenvalue weighted by Crippen LogP contribution is -2.11. The lowest BCUT2D eigenvalue weighted by molar-refractivity contribution is -0.0375. The van der Waals surface area contributed by atoms with E-state index >= 15 is 0 Å². The molecule has 78 valence electrons. The maximum absolute atomic E-state index is 5.25. The van der Waals surface area contributed by atoms with Gasteiger partial charge in [-0.3, -0.25) is 0 Å². The van der Waals surface area contributed by atoms with Gasteiger partial charge in [0.25, 0.3) is 0 Å². The summed E-state index contributed by atoms with van der Waals surface area (Å²) < 4.78 is 24.9. The lowest BCUT2D eigenvalue weighted by Gasteiger charge is -1.99. The highest BCUT2D eigenvalue weighted by molar-refractivity contribution is 4.83. The van der Waals surface area contributed by atoms with E-state index in [-0.39, 0.29) is 12.2 Å². The summed E-state index contributed by atoms with van der Waals surface area (Å²) in [7, 11) is 3.18. The monoisotopic (exact) mass is 192 g/mol. The van der Waals surface area contributed by atoms with E-state index in [2.05, 4.69) is 0 Å². The highest BCUT2D eigenvalue weighted by Crippen LogP contribution is 2.22. The summed E-state index contributed by atoms with van der Waals surface area (Å²) in [6, 6.07) is 0. The molecule has 1 aliphatic heterocycles. The fraction of sp³-hybridized carbons (Fsp3) is 1.00. The van der Waals surface area contributed by atoms with Gasteiger partial charge in [0.15, 0.2) is 0 Å². The molecule has 0 aromatic heterocycles. The molecule has 2 atom stereocenters. The standard InChI is InChI=1S/C8H16O5/c1-9-5-11-3-7-8(13-7)4-12-6-10-2/h7-8H,3-6H2,1-2H3/t7-,8+. The van der Waals surface area contributed by atoms with E-state index in [9.17, 15) is 0 Å². The number of hydrogen-bond acceptors (Lipinski definition) is 5. The van der Waals surface area contributed by atoms with Crippen molar-refractivity contribution in [3.63, 3.8) is 0 Å². The first-order chi connectivity index (χ1) is 6.38. The summed E-state index contributed by atoms with van der Waals surface area (Å²) >= 11 is 0. The Kier molecular flexibility index (Phi) is 5.26. The fourth-order valence-corrected chi connectivity index (χ4v) is 0.968. The Morgan fingerprint density at radius 1 is 0.923 bits per heavy atom. The number of ether oxygens (including phenoxy) is 5. The SMILES string of the molecule is COCOC[C@@H]1O[C@@H]1COCOC. The van der Waals surface area contributed by atoms with Gasteiger partial charge in [-0.2, -0.15) is 0 Å². The fourth-order valence-electron chi connectivity index (χ4n) is 0.968. The summed E-state index contributed by atoms with van der Waals surface area (Å²) in [6.45, 7) is 1.75. The van der Waals surface area contributed by atoms with Crippen LogP contribution in [0.2, 0.25) is 0 Å². The van der Waals surface area contributed by atoms with E-state index in [4.69, 9.17) is 23.7 Å². The van der Waals surface area contributed by atoms with Gasteiger partial charge >= 0.3 is 0 Å². The van der Waals surface area contributed by atoms with Gasteiger partial charge in [0.2, 0.25) is 0 Å². The van der Waals surface area contributed by atoms with Crippen molar-refractivity contribution in [2.24, 2.45) is 0 Å². The molecule has 1 rings (SSSR count). The molecule has 5 nitrogen and oxygen atoms in total. The minimum atomic E-state index is 0.159. The second kappa shape index (κ2) is 6.28. The average Bonchev–Trinajstić information content (AvgIpc) is 2.85. The normalized spacial score (nSPS) is 26.3. The number of hydrogen-bond donors (Lipinski definition) is 0. The van der Waals surface area contributed by atoms with Crippen molar-refractivity contribution < 1.29 is 23.7 Å². The maximum Gasteiger partial charge on any atom is 0.146 e. The summed E-state index contributed by atoms with van der Waals surface area (Å²) in [5.74, 6) is 0. The second-order valence-corrected chi connectivity index (χ2v) is 2.77. The van der Waals surface area contributed by atoms with Gasteiger partial charge in [-0.25, -0.2) is 0 Å². The summed E-state index contributed by atoms with van der Waals surface area (Å²) in [4.78, 5) is 0. The van der Waals surface area contributed by atoms with Crippen molar-refractivity contribution in [1.29, 1.82) is 0 Å². The smallest absolute Gasteiger partial charge is 0.146 e. The zero-order valence-corrected chi connectivity index (χ0v) is 8.02. The average molecular weight is 192 g/mol. The van der Waals surface area contributed by atoms with Crippen LogP contribution in [0.15, 0.2) is 0 Å². The Morgan fingerprint density at radius 3 is 1.77 bits per heavy atom. The Morgan fingerprint density at radius 2 is 1.38 bits per heavy atom. The molecular weight excluding hydrogens is 176 g/mol. The van der Waals surface area contributed by atoms with Crippen LogP contribution in [0.1, 0.15) is 0 Å². The quantitative estimate of drug-likeness (QED) is 0.307. The third-order valence-electron chi connectivity index (χ3n) is 1.65. The summed E-state index contributed by atoms with van der Waals surface area (Å²) in [6.07, 6.45) is 0.319. The Balaban J connectivity index is 1.85. The minimum Gasteiger partial charge on any atom is -0.365 e. The van der Waals surface area contributed by atoms with Crippen molar-refractivity contribution in [2.45, 2.75) is 12.2 Å². The van der Waals surface area contributed by atoms with Crippen LogP contribution in [-0.4, -0.2) is 53.2 Å². The Labute approximate surface area is 77.9 Å². The minimum absolute atomic E-state index is 0.159. The second-order valence-electron chi connectivity index (χ2n) is 2.77. The van der Waals surface area contributed by atoms with E-state index in [1.165, 1.54) is 0 Å². The van der Waals surface area contributed by atoms with Gasteiger partial charge in [0.05, 0.1) is 13.2 Å². The number of rotatable bonds is 8. The molecule has 0 aromatic rings. The van der Waals surface area contributed by atoms with Crippen LogP contribution >= 0.6 is 0 Å². The van der Waals surface area contributed by atoms with E-state index in [1.54, 1.807) is 14.2 Å². The molecule has 0 radical (unpaired) electrons. The van der Waals surface area contributed by atoms with Gasteiger partial charge in [-0.1, -0.05) is 0 Å². The van der Waals surface area contributed by atoms with Crippen molar-refractivity contribution in [3.8, 4) is 0 Å². The molecule has 1 fully saturated rings. The van der Waals surface area contributed by atoms with Crippen molar-refractivity contribution >= 4 is 0 Å². The third kappa shape index (κ3) is 4.54. The van der Waals surface area contributed by atoms with Crippen LogP contribution < -0.4 is 0 Å². The van der Waals surface area contributed by atoms with Gasteiger partial charge in [0, 0.05) is 14.2 Å². The zero-order chi connectivity index (χ0) is 9.52. The molecule has 0 unspecified atom stereocenters. The molecule has 0 spiro atoms. The van der Waals surface area contributed by atoms with Crippen molar-refractivity contribution in [3.05, 3.63) is 0 Å². The highest BCUT2D eigenvalue weighted by atomic mass is 16.7. The van der Waals surface area contributed by atoms with E-state index in [0.717, 1.165) is 0 Å². The topological polar surface area (TPSA) is 49.5 Å². The molecule has 1 aliphatic rings. The van der Waals surface area contributed by atoms with Gasteiger partial charge in [0.1, 0.15) is 25.8 Å². The molecule has 0 amide bonds. The molecule has 1 heterocycles. The molecule has 0 aromatic carbocycles. The molecule has 1 saturated heterocycles. The van der Waals surface area contributed by atoms with Crippen molar-refractivity contribution in [1.82, 2.24) is 0 Å². The first kappa shape index (κ1) is 10.9. The Hall–Kier alpha value is -0.200. The first-order valence-corrected chi connectivity index (χ1v) is 4.17. The van der Waals surface area contributed by atoms with Gasteiger partial charge in [-0.05, 0) is 0 Å². The Bertz CT molecular complexity index is 116. The third-order valence-corrected chi connectivity index (χ3v) is 1.65. The lowest BCUT2D eigenvalue weighted by atomic mass is 10.3. The molecule has 0 N–H and O–H groups in total. The van der Waals surface area contributed by atoms with Crippen LogP contribution in [-0.2, 0) is 23.7 Å². The van der Waals surface area contributed by atoms with Crippen molar-refractivity contribution in [2.75, 3.05) is 41.0 Å². The largest absolute Gasteiger partial charge is 0.365 e. The highest BCUT2D eigenvalue weighted by Gasteiger charge is 2.38. The first-order valence-electron chi connectivity index (χ1n) is 4.17. The van der Waals surface area contributed by atoms with Crippen LogP contribution in [0.25, 0.3) is 0 Å². The molecule has 0 saturated carbocycles.